The molecule has 136 valence electrons. The number of carbonyl (C=O) groups excluding carboxylic acids is 2. The van der Waals surface area contributed by atoms with Gasteiger partial charge in [-0.2, -0.15) is 0 Å². The van der Waals surface area contributed by atoms with Gasteiger partial charge >= 0.3 is 11.9 Å². The molecular formula is C18H18N2O6. The van der Waals surface area contributed by atoms with Gasteiger partial charge in [-0.05, 0) is 24.3 Å². The topological polar surface area (TPSA) is 138 Å². The number of carboxylic acids is 2. The fourth-order valence-electron chi connectivity index (χ4n) is 1.75. The molecule has 0 bridgehead atoms. The minimum Gasteiger partial charge on any atom is -0.481 e. The fourth-order valence-corrected chi connectivity index (χ4v) is 1.75. The van der Waals surface area contributed by atoms with Crippen LogP contribution in [-0.2, 0) is 9.59 Å². The summed E-state index contributed by atoms with van der Waals surface area (Å²) in [6.07, 6.45) is -0.593. The average Bonchev–Trinajstić information content (AvgIpc) is 2.66. The predicted octanol–water partition coefficient (Wildman–Crippen LogP) is 1.78. The first kappa shape index (κ1) is 20.5. The molecule has 2 amide bonds. The Morgan fingerprint density at radius 3 is 1.27 bits per heavy atom. The number of nitrogens with two attached hydrogens (primary N) is 1. The molecular weight excluding hydrogens is 340 g/mol. The number of carbonyl (C=O) groups is 4. The zero-order chi connectivity index (χ0) is 19.5. The van der Waals surface area contributed by atoms with Gasteiger partial charge in [0.25, 0.3) is 11.8 Å². The highest BCUT2D eigenvalue weighted by Crippen LogP contribution is 2.06. The van der Waals surface area contributed by atoms with Crippen molar-refractivity contribution in [2.24, 2.45) is 5.84 Å². The lowest BCUT2D eigenvalue weighted by molar-refractivity contribution is -0.143. The smallest absolute Gasteiger partial charge is 0.303 e. The van der Waals surface area contributed by atoms with E-state index < -0.39 is 23.8 Å². The Balaban J connectivity index is 0.000000359. The van der Waals surface area contributed by atoms with Crippen LogP contribution >= 0.6 is 0 Å². The lowest BCUT2D eigenvalue weighted by atomic mass is 10.2. The molecule has 2 rings (SSSR count). The van der Waals surface area contributed by atoms with E-state index in [1.54, 1.807) is 60.7 Å². The molecule has 0 aliphatic heterocycles. The van der Waals surface area contributed by atoms with Gasteiger partial charge in [0.1, 0.15) is 0 Å². The number of aliphatic carboxylic acids is 2. The van der Waals surface area contributed by atoms with Crippen molar-refractivity contribution in [1.82, 2.24) is 5.01 Å². The minimum atomic E-state index is -1.08. The molecule has 0 heterocycles. The maximum absolute atomic E-state index is 11.9. The van der Waals surface area contributed by atoms with Crippen molar-refractivity contribution in [2.75, 3.05) is 0 Å². The van der Waals surface area contributed by atoms with Gasteiger partial charge in [-0.15, -0.1) is 0 Å². The summed E-state index contributed by atoms with van der Waals surface area (Å²) in [6, 6.07) is 16.9. The van der Waals surface area contributed by atoms with Crippen LogP contribution < -0.4 is 5.84 Å². The molecule has 0 radical (unpaired) electrons. The molecule has 0 atom stereocenters. The van der Waals surface area contributed by atoms with E-state index in [0.717, 1.165) is 0 Å². The highest BCUT2D eigenvalue weighted by molar-refractivity contribution is 6.09. The number of hydrogen-bond acceptors (Lipinski definition) is 5. The van der Waals surface area contributed by atoms with Gasteiger partial charge in [0, 0.05) is 11.1 Å². The van der Waals surface area contributed by atoms with E-state index in [9.17, 15) is 19.2 Å². The summed E-state index contributed by atoms with van der Waals surface area (Å²) in [4.78, 5) is 43.2. The van der Waals surface area contributed by atoms with Crippen LogP contribution in [-0.4, -0.2) is 39.0 Å². The number of nitrogens with zero attached hydrogens (tertiary/aromatic N) is 1. The van der Waals surface area contributed by atoms with Crippen LogP contribution in [0.2, 0.25) is 0 Å². The molecule has 0 fully saturated rings. The van der Waals surface area contributed by atoms with Crippen molar-refractivity contribution in [3.63, 3.8) is 0 Å². The fraction of sp³-hybridized carbons (Fsp3) is 0.111. The van der Waals surface area contributed by atoms with E-state index in [0.29, 0.717) is 16.1 Å². The maximum atomic E-state index is 11.9. The molecule has 8 heteroatoms. The molecule has 0 aromatic heterocycles. The van der Waals surface area contributed by atoms with E-state index >= 15 is 0 Å². The maximum Gasteiger partial charge on any atom is 0.303 e. The summed E-state index contributed by atoms with van der Waals surface area (Å²) < 4.78 is 0. The van der Waals surface area contributed by atoms with Gasteiger partial charge in [0.05, 0.1) is 12.8 Å². The van der Waals surface area contributed by atoms with Gasteiger partial charge in [-0.3, -0.25) is 19.2 Å². The molecule has 0 saturated heterocycles. The number of rotatable bonds is 5. The van der Waals surface area contributed by atoms with Gasteiger partial charge in [0.15, 0.2) is 0 Å². The quantitative estimate of drug-likeness (QED) is 0.320. The Hall–Kier alpha value is -3.52. The summed E-state index contributed by atoms with van der Waals surface area (Å²) in [6.45, 7) is 0. The molecule has 26 heavy (non-hydrogen) atoms. The van der Waals surface area contributed by atoms with Gasteiger partial charge in [-0.25, -0.2) is 10.9 Å². The van der Waals surface area contributed by atoms with E-state index in [1.165, 1.54) is 0 Å². The van der Waals surface area contributed by atoms with Crippen LogP contribution in [0.15, 0.2) is 60.7 Å². The number of hydrazine groups is 1. The molecule has 8 nitrogen and oxygen atoms in total. The number of hydrogen-bond donors (Lipinski definition) is 3. The molecule has 0 unspecified atom stereocenters. The number of imide groups is 1. The summed E-state index contributed by atoms with van der Waals surface area (Å²) in [5, 5.41) is 16.4. The third-order valence-corrected chi connectivity index (χ3v) is 3.03. The minimum absolute atomic E-state index is 0.296. The predicted molar refractivity (Wildman–Crippen MR) is 92.1 cm³/mol. The largest absolute Gasteiger partial charge is 0.481 e. The molecule has 0 aliphatic rings. The van der Waals surface area contributed by atoms with Gasteiger partial charge in [-0.1, -0.05) is 36.4 Å². The van der Waals surface area contributed by atoms with Gasteiger partial charge < -0.3 is 10.2 Å². The van der Waals surface area contributed by atoms with Crippen LogP contribution in [0.25, 0.3) is 0 Å². The van der Waals surface area contributed by atoms with E-state index in [2.05, 4.69) is 0 Å². The van der Waals surface area contributed by atoms with Crippen molar-refractivity contribution in [3.8, 4) is 0 Å². The highest BCUT2D eigenvalue weighted by Gasteiger charge is 2.20. The Kier molecular flexibility index (Phi) is 8.18. The SMILES string of the molecule is NN(C(=O)c1ccccc1)C(=O)c1ccccc1.O=C(O)CCC(=O)O. The second kappa shape index (κ2) is 10.4. The molecule has 0 saturated carbocycles. The van der Waals surface area contributed by atoms with Crippen molar-refractivity contribution < 1.29 is 29.4 Å². The van der Waals surface area contributed by atoms with Crippen LogP contribution in [0.4, 0.5) is 0 Å². The summed E-state index contributed by atoms with van der Waals surface area (Å²) in [5.41, 5.74) is 0.758. The Morgan fingerprint density at radius 1 is 0.692 bits per heavy atom. The molecule has 2 aromatic rings. The Morgan fingerprint density at radius 2 is 1.00 bits per heavy atom. The van der Waals surface area contributed by atoms with Crippen LogP contribution in [0.3, 0.4) is 0 Å². The third kappa shape index (κ3) is 6.93. The number of benzene rings is 2. The van der Waals surface area contributed by atoms with Crippen molar-refractivity contribution >= 4 is 23.8 Å². The summed E-state index contributed by atoms with van der Waals surface area (Å²) in [7, 11) is 0. The molecule has 2 aromatic carbocycles. The lowest BCUT2D eigenvalue weighted by Gasteiger charge is -2.14. The number of amides is 2. The zero-order valence-corrected chi connectivity index (χ0v) is 13.7. The molecule has 4 N–H and O–H groups in total. The Labute approximate surface area is 149 Å². The van der Waals surface area contributed by atoms with Crippen LogP contribution in [0.5, 0.6) is 0 Å². The first-order valence-electron chi connectivity index (χ1n) is 7.50. The standard InChI is InChI=1S/C14H12N2O2.C4H6O4/c15-16(13(17)11-7-3-1-4-8-11)14(18)12-9-5-2-6-10-12;5-3(6)1-2-4(7)8/h1-10H,15H2;1-2H2,(H,5,6)(H,7,8). The molecule has 0 aliphatic carbocycles. The van der Waals surface area contributed by atoms with E-state index in [-0.39, 0.29) is 12.8 Å². The molecule has 0 spiro atoms. The third-order valence-electron chi connectivity index (χ3n) is 3.03. The first-order chi connectivity index (χ1) is 12.3. The monoisotopic (exact) mass is 358 g/mol. The second-order valence-corrected chi connectivity index (χ2v) is 5.00. The normalized spacial score (nSPS) is 9.42. The second-order valence-electron chi connectivity index (χ2n) is 5.00. The summed E-state index contributed by atoms with van der Waals surface area (Å²) in [5.74, 6) is 2.36. The number of carboxylic acid groups (broad SMARTS) is 2. The van der Waals surface area contributed by atoms with E-state index in [1.807, 2.05) is 0 Å². The van der Waals surface area contributed by atoms with Crippen molar-refractivity contribution in [2.45, 2.75) is 12.8 Å². The van der Waals surface area contributed by atoms with E-state index in [4.69, 9.17) is 16.1 Å². The Bertz CT molecular complexity index is 696. The zero-order valence-electron chi connectivity index (χ0n) is 13.7. The van der Waals surface area contributed by atoms with Crippen molar-refractivity contribution in [3.05, 3.63) is 71.8 Å². The average molecular weight is 358 g/mol. The van der Waals surface area contributed by atoms with Crippen LogP contribution in [0.1, 0.15) is 33.6 Å². The lowest BCUT2D eigenvalue weighted by Crippen LogP contribution is -2.42. The van der Waals surface area contributed by atoms with Crippen LogP contribution in [0, 0.1) is 0 Å². The highest BCUT2D eigenvalue weighted by atomic mass is 16.4. The summed E-state index contributed by atoms with van der Waals surface area (Å²) >= 11 is 0. The van der Waals surface area contributed by atoms with Gasteiger partial charge in [0.2, 0.25) is 0 Å². The van der Waals surface area contributed by atoms with Crippen molar-refractivity contribution in [1.29, 1.82) is 0 Å². The first-order valence-corrected chi connectivity index (χ1v) is 7.50.